The molecule has 5 nitrogen and oxygen atoms in total. The smallest absolute Gasteiger partial charge is 0.121 e. The van der Waals surface area contributed by atoms with Gasteiger partial charge in [-0.05, 0) is 25.1 Å². The van der Waals surface area contributed by atoms with Crippen LogP contribution >= 0.6 is 0 Å². The van der Waals surface area contributed by atoms with Crippen LogP contribution in [0.4, 0.5) is 0 Å². The van der Waals surface area contributed by atoms with Crippen molar-refractivity contribution in [3.63, 3.8) is 0 Å². The minimum atomic E-state index is 0.748. The van der Waals surface area contributed by atoms with Crippen LogP contribution in [0.1, 0.15) is 19.0 Å². The third kappa shape index (κ3) is 3.07. The summed E-state index contributed by atoms with van der Waals surface area (Å²) in [7, 11) is 1.65. The molecule has 0 radical (unpaired) electrons. The van der Waals surface area contributed by atoms with Gasteiger partial charge in [0.05, 0.1) is 24.7 Å². The Morgan fingerprint density at radius 3 is 3.06 bits per heavy atom. The van der Waals surface area contributed by atoms with Gasteiger partial charge in [0, 0.05) is 12.6 Å². The highest BCUT2D eigenvalue weighted by Gasteiger charge is 2.03. The normalized spacial score (nSPS) is 10.6. The highest BCUT2D eigenvalue weighted by Crippen LogP contribution is 2.15. The van der Waals surface area contributed by atoms with E-state index in [1.807, 2.05) is 30.5 Å². The van der Waals surface area contributed by atoms with E-state index in [0.29, 0.717) is 0 Å². The SMILES string of the molecule is CCCNCc1cn(-c2cccc(OC)c2)nn1. The average molecular weight is 246 g/mol. The van der Waals surface area contributed by atoms with Crippen LogP contribution in [0.2, 0.25) is 0 Å². The van der Waals surface area contributed by atoms with Crippen molar-refractivity contribution in [1.82, 2.24) is 20.3 Å². The molecule has 96 valence electrons. The van der Waals surface area contributed by atoms with E-state index in [-0.39, 0.29) is 0 Å². The second-order valence-corrected chi connectivity index (χ2v) is 4.03. The van der Waals surface area contributed by atoms with Crippen molar-refractivity contribution in [2.75, 3.05) is 13.7 Å². The van der Waals surface area contributed by atoms with Crippen LogP contribution in [0.25, 0.3) is 5.69 Å². The molecule has 18 heavy (non-hydrogen) atoms. The van der Waals surface area contributed by atoms with Crippen LogP contribution in [0.3, 0.4) is 0 Å². The molecule has 1 N–H and O–H groups in total. The Balaban J connectivity index is 2.08. The lowest BCUT2D eigenvalue weighted by molar-refractivity contribution is 0.414. The van der Waals surface area contributed by atoms with Gasteiger partial charge in [-0.2, -0.15) is 0 Å². The third-order valence-corrected chi connectivity index (χ3v) is 2.59. The first-order valence-electron chi connectivity index (χ1n) is 6.10. The third-order valence-electron chi connectivity index (χ3n) is 2.59. The Kier molecular flexibility index (Phi) is 4.30. The van der Waals surface area contributed by atoms with Crippen molar-refractivity contribution < 1.29 is 4.74 Å². The molecule has 1 aromatic carbocycles. The van der Waals surface area contributed by atoms with Crippen LogP contribution in [-0.4, -0.2) is 28.6 Å². The van der Waals surface area contributed by atoms with E-state index >= 15 is 0 Å². The molecule has 0 aliphatic heterocycles. The maximum absolute atomic E-state index is 5.19. The van der Waals surface area contributed by atoms with E-state index in [1.54, 1.807) is 11.8 Å². The summed E-state index contributed by atoms with van der Waals surface area (Å²) in [4.78, 5) is 0. The van der Waals surface area contributed by atoms with E-state index in [1.165, 1.54) is 0 Å². The summed E-state index contributed by atoms with van der Waals surface area (Å²) in [6.45, 7) is 3.88. The van der Waals surface area contributed by atoms with Gasteiger partial charge in [-0.3, -0.25) is 0 Å². The quantitative estimate of drug-likeness (QED) is 0.789. The van der Waals surface area contributed by atoms with Crippen molar-refractivity contribution in [2.45, 2.75) is 19.9 Å². The standard InChI is InChI=1S/C13H18N4O/c1-3-7-14-9-11-10-17(16-15-11)12-5-4-6-13(8-12)18-2/h4-6,8,10,14H,3,7,9H2,1-2H3. The summed E-state index contributed by atoms with van der Waals surface area (Å²) in [6, 6.07) is 7.74. The number of hydrogen-bond donors (Lipinski definition) is 1. The molecule has 2 rings (SSSR count). The van der Waals surface area contributed by atoms with Crippen molar-refractivity contribution in [2.24, 2.45) is 0 Å². The number of benzene rings is 1. The van der Waals surface area contributed by atoms with Crippen molar-refractivity contribution in [1.29, 1.82) is 0 Å². The number of hydrogen-bond acceptors (Lipinski definition) is 4. The molecule has 0 fully saturated rings. The lowest BCUT2D eigenvalue weighted by atomic mass is 10.3. The number of rotatable bonds is 6. The first kappa shape index (κ1) is 12.6. The molecule has 0 saturated heterocycles. The second-order valence-electron chi connectivity index (χ2n) is 4.03. The van der Waals surface area contributed by atoms with E-state index in [9.17, 15) is 0 Å². The zero-order valence-electron chi connectivity index (χ0n) is 10.8. The van der Waals surface area contributed by atoms with Gasteiger partial charge in [0.1, 0.15) is 5.75 Å². The van der Waals surface area contributed by atoms with E-state index in [0.717, 1.165) is 36.6 Å². The lowest BCUT2D eigenvalue weighted by Gasteiger charge is -2.03. The Morgan fingerprint density at radius 2 is 2.28 bits per heavy atom. The van der Waals surface area contributed by atoms with Crippen LogP contribution in [0, 0.1) is 0 Å². The first-order chi connectivity index (χ1) is 8.83. The highest BCUT2D eigenvalue weighted by molar-refractivity contribution is 5.38. The van der Waals surface area contributed by atoms with Gasteiger partial charge < -0.3 is 10.1 Å². The van der Waals surface area contributed by atoms with Gasteiger partial charge in [-0.1, -0.05) is 18.2 Å². The molecule has 0 saturated carbocycles. The molecule has 5 heteroatoms. The Morgan fingerprint density at radius 1 is 1.39 bits per heavy atom. The van der Waals surface area contributed by atoms with Crippen LogP contribution in [0.5, 0.6) is 5.75 Å². The van der Waals surface area contributed by atoms with Gasteiger partial charge >= 0.3 is 0 Å². The largest absolute Gasteiger partial charge is 0.497 e. The van der Waals surface area contributed by atoms with Crippen molar-refractivity contribution in [3.05, 3.63) is 36.2 Å². The molecule has 0 spiro atoms. The second kappa shape index (κ2) is 6.16. The predicted molar refractivity (Wildman–Crippen MR) is 69.9 cm³/mol. The van der Waals surface area contributed by atoms with E-state index in [4.69, 9.17) is 4.74 Å². The minimum Gasteiger partial charge on any atom is -0.497 e. The molecule has 1 aromatic heterocycles. The van der Waals surface area contributed by atoms with Crippen molar-refractivity contribution >= 4 is 0 Å². The minimum absolute atomic E-state index is 0.748. The Hall–Kier alpha value is -1.88. The van der Waals surface area contributed by atoms with E-state index in [2.05, 4.69) is 22.6 Å². The fraction of sp³-hybridized carbons (Fsp3) is 0.385. The summed E-state index contributed by atoms with van der Waals surface area (Å²) >= 11 is 0. The Bertz CT molecular complexity index is 495. The number of nitrogens with zero attached hydrogens (tertiary/aromatic N) is 3. The van der Waals surface area contributed by atoms with Gasteiger partial charge in [0.25, 0.3) is 0 Å². The maximum atomic E-state index is 5.19. The number of nitrogens with one attached hydrogen (secondary N) is 1. The molecule has 0 aliphatic carbocycles. The number of ether oxygens (including phenoxy) is 1. The molecule has 0 amide bonds. The number of methoxy groups -OCH3 is 1. The lowest BCUT2D eigenvalue weighted by Crippen LogP contribution is -2.13. The molecule has 0 bridgehead atoms. The summed E-state index contributed by atoms with van der Waals surface area (Å²) < 4.78 is 6.94. The van der Waals surface area contributed by atoms with Gasteiger partial charge in [-0.25, -0.2) is 4.68 Å². The predicted octanol–water partition coefficient (Wildman–Crippen LogP) is 1.78. The van der Waals surface area contributed by atoms with E-state index < -0.39 is 0 Å². The molecule has 1 heterocycles. The van der Waals surface area contributed by atoms with Crippen LogP contribution in [-0.2, 0) is 6.54 Å². The highest BCUT2D eigenvalue weighted by atomic mass is 16.5. The summed E-state index contributed by atoms with van der Waals surface area (Å²) in [5, 5.41) is 11.5. The fourth-order valence-electron chi connectivity index (χ4n) is 1.65. The fourth-order valence-corrected chi connectivity index (χ4v) is 1.65. The molecule has 0 aliphatic rings. The zero-order chi connectivity index (χ0) is 12.8. The zero-order valence-corrected chi connectivity index (χ0v) is 10.8. The molecule has 2 aromatic rings. The monoisotopic (exact) mass is 246 g/mol. The molecule has 0 atom stereocenters. The Labute approximate surface area is 107 Å². The summed E-state index contributed by atoms with van der Waals surface area (Å²) in [5.74, 6) is 0.814. The first-order valence-corrected chi connectivity index (χ1v) is 6.10. The summed E-state index contributed by atoms with van der Waals surface area (Å²) in [5.41, 5.74) is 1.88. The summed E-state index contributed by atoms with van der Waals surface area (Å²) in [6.07, 6.45) is 3.04. The van der Waals surface area contributed by atoms with Gasteiger partial charge in [-0.15, -0.1) is 5.10 Å². The van der Waals surface area contributed by atoms with Crippen LogP contribution in [0.15, 0.2) is 30.5 Å². The average Bonchev–Trinajstić information content (AvgIpc) is 2.88. The van der Waals surface area contributed by atoms with Gasteiger partial charge in [0.15, 0.2) is 0 Å². The van der Waals surface area contributed by atoms with Crippen LogP contribution < -0.4 is 10.1 Å². The number of aromatic nitrogens is 3. The molecule has 0 unspecified atom stereocenters. The molecular weight excluding hydrogens is 228 g/mol. The molecular formula is C13H18N4O. The van der Waals surface area contributed by atoms with Crippen molar-refractivity contribution in [3.8, 4) is 11.4 Å². The topological polar surface area (TPSA) is 52.0 Å². The van der Waals surface area contributed by atoms with Gasteiger partial charge in [0.2, 0.25) is 0 Å². The maximum Gasteiger partial charge on any atom is 0.121 e.